The molecule has 1 aliphatic heterocycles. The molecule has 2 aliphatic rings. The number of urea groups is 1. The van der Waals surface area contributed by atoms with Crippen molar-refractivity contribution in [1.82, 2.24) is 10.6 Å². The normalized spacial score (nSPS) is 28.5. The van der Waals surface area contributed by atoms with Crippen molar-refractivity contribution in [2.45, 2.75) is 44.3 Å². The van der Waals surface area contributed by atoms with Gasteiger partial charge in [-0.05, 0) is 43.4 Å². The number of hydrogen-bond acceptors (Lipinski definition) is 4. The zero-order chi connectivity index (χ0) is 16.9. The van der Waals surface area contributed by atoms with E-state index in [0.29, 0.717) is 18.0 Å². The minimum Gasteiger partial charge on any atom is -0.379 e. The van der Waals surface area contributed by atoms with Crippen LogP contribution in [0.25, 0.3) is 0 Å². The first-order valence-corrected chi connectivity index (χ1v) is 8.87. The van der Waals surface area contributed by atoms with Crippen molar-refractivity contribution < 1.29 is 9.53 Å². The number of nitrogens with two attached hydrogens (primary N) is 1. The van der Waals surface area contributed by atoms with Gasteiger partial charge in [0.1, 0.15) is 0 Å². The quantitative estimate of drug-likeness (QED) is 0.664. The molecule has 6 heteroatoms. The largest absolute Gasteiger partial charge is 0.379 e. The van der Waals surface area contributed by atoms with Crippen LogP contribution in [0.4, 0.5) is 10.5 Å². The molecular formula is C18H28N4O2. The van der Waals surface area contributed by atoms with E-state index in [-0.39, 0.29) is 6.04 Å². The number of primary amides is 1. The van der Waals surface area contributed by atoms with Gasteiger partial charge in [0.2, 0.25) is 0 Å². The number of nitrogens with one attached hydrogen (secondary N) is 3. The summed E-state index contributed by atoms with van der Waals surface area (Å²) >= 11 is 0. The number of carbonyl (C=O) groups excluding carboxylic acids is 1. The summed E-state index contributed by atoms with van der Waals surface area (Å²) in [5.74, 6) is 0.628. The summed E-state index contributed by atoms with van der Waals surface area (Å²) in [5.41, 5.74) is 7.07. The van der Waals surface area contributed by atoms with Crippen LogP contribution in [0.5, 0.6) is 0 Å². The van der Waals surface area contributed by atoms with Gasteiger partial charge >= 0.3 is 6.03 Å². The van der Waals surface area contributed by atoms with Gasteiger partial charge in [0.15, 0.2) is 0 Å². The third kappa shape index (κ3) is 4.26. The Kier molecular flexibility index (Phi) is 5.71. The molecule has 4 unspecified atom stereocenters. The summed E-state index contributed by atoms with van der Waals surface area (Å²) in [5, 5.41) is 10.00. The zero-order valence-electron chi connectivity index (χ0n) is 14.3. The van der Waals surface area contributed by atoms with E-state index in [1.807, 2.05) is 24.3 Å². The van der Waals surface area contributed by atoms with Gasteiger partial charge in [-0.1, -0.05) is 18.6 Å². The molecule has 1 aromatic rings. The maximum absolute atomic E-state index is 10.9. The number of ether oxygens (including phenoxy) is 1. The highest BCUT2D eigenvalue weighted by atomic mass is 16.5. The molecule has 1 aromatic carbocycles. The van der Waals surface area contributed by atoms with Crippen molar-refractivity contribution in [2.24, 2.45) is 11.7 Å². The van der Waals surface area contributed by atoms with Crippen LogP contribution in [0.1, 0.15) is 37.8 Å². The second kappa shape index (κ2) is 7.96. The Morgan fingerprint density at radius 2 is 2.12 bits per heavy atom. The number of hydrogen-bond donors (Lipinski definition) is 4. The van der Waals surface area contributed by atoms with Gasteiger partial charge in [0, 0.05) is 30.4 Å². The summed E-state index contributed by atoms with van der Waals surface area (Å²) in [6, 6.07) is 8.56. The smallest absolute Gasteiger partial charge is 0.316 e. The van der Waals surface area contributed by atoms with Gasteiger partial charge in [0.05, 0.1) is 13.2 Å². The van der Waals surface area contributed by atoms with Gasteiger partial charge in [-0.15, -0.1) is 0 Å². The lowest BCUT2D eigenvalue weighted by atomic mass is 9.93. The maximum atomic E-state index is 10.9. The van der Waals surface area contributed by atoms with E-state index >= 15 is 0 Å². The van der Waals surface area contributed by atoms with Crippen LogP contribution in [0, 0.1) is 5.92 Å². The lowest BCUT2D eigenvalue weighted by molar-refractivity contribution is 0.0518. The molecule has 0 radical (unpaired) electrons. The Morgan fingerprint density at radius 1 is 1.33 bits per heavy atom. The van der Waals surface area contributed by atoms with Crippen LogP contribution in [0.3, 0.4) is 0 Å². The number of amides is 2. The average Bonchev–Trinajstić information content (AvgIpc) is 3.04. The lowest BCUT2D eigenvalue weighted by Gasteiger charge is -2.34. The summed E-state index contributed by atoms with van der Waals surface area (Å²) in [4.78, 5) is 10.9. The molecule has 1 saturated carbocycles. The first-order chi connectivity index (χ1) is 11.6. The van der Waals surface area contributed by atoms with Crippen LogP contribution in [-0.4, -0.2) is 37.9 Å². The second-order valence-corrected chi connectivity index (χ2v) is 6.84. The van der Waals surface area contributed by atoms with Crippen molar-refractivity contribution >= 4 is 11.7 Å². The summed E-state index contributed by atoms with van der Waals surface area (Å²) in [6.45, 7) is 4.79. The van der Waals surface area contributed by atoms with Crippen LogP contribution in [-0.2, 0) is 4.74 Å². The summed E-state index contributed by atoms with van der Waals surface area (Å²) in [7, 11) is 0. The van der Waals surface area contributed by atoms with Gasteiger partial charge in [0.25, 0.3) is 0 Å². The molecule has 1 saturated heterocycles. The molecule has 6 nitrogen and oxygen atoms in total. The first-order valence-electron chi connectivity index (χ1n) is 8.87. The SMILES string of the molecule is CC(NC1CCCC1C1COCCN1)c1ccc(NC(N)=O)cc1. The van der Waals surface area contributed by atoms with Crippen molar-refractivity contribution in [1.29, 1.82) is 0 Å². The Balaban J connectivity index is 1.58. The molecular weight excluding hydrogens is 304 g/mol. The lowest BCUT2D eigenvalue weighted by Crippen LogP contribution is -2.51. The number of benzene rings is 1. The minimum atomic E-state index is -0.537. The number of rotatable bonds is 5. The number of morpholine rings is 1. The zero-order valence-corrected chi connectivity index (χ0v) is 14.3. The Bertz CT molecular complexity index is 542. The van der Waals surface area contributed by atoms with E-state index in [1.54, 1.807) is 0 Å². The molecule has 0 spiro atoms. The summed E-state index contributed by atoms with van der Waals surface area (Å²) < 4.78 is 5.64. The number of anilines is 1. The summed E-state index contributed by atoms with van der Waals surface area (Å²) in [6.07, 6.45) is 3.75. The molecule has 2 fully saturated rings. The average molecular weight is 332 g/mol. The predicted molar refractivity (Wildman–Crippen MR) is 94.9 cm³/mol. The molecule has 132 valence electrons. The minimum absolute atomic E-state index is 0.266. The Morgan fingerprint density at radius 3 is 2.79 bits per heavy atom. The van der Waals surface area contributed by atoms with E-state index in [9.17, 15) is 4.79 Å². The first kappa shape index (κ1) is 17.2. The standard InChI is InChI=1S/C18H28N4O2/c1-12(13-5-7-14(8-6-13)22-18(19)23)21-16-4-2-3-15(16)17-11-24-10-9-20-17/h5-8,12,15-17,20-21H,2-4,9-11H2,1H3,(H3,19,22,23). The fraction of sp³-hybridized carbons (Fsp3) is 0.611. The maximum Gasteiger partial charge on any atom is 0.316 e. The molecule has 0 bridgehead atoms. The van der Waals surface area contributed by atoms with Crippen LogP contribution in [0.15, 0.2) is 24.3 Å². The van der Waals surface area contributed by atoms with Crippen LogP contribution in [0.2, 0.25) is 0 Å². The second-order valence-electron chi connectivity index (χ2n) is 6.84. The third-order valence-electron chi connectivity index (χ3n) is 5.18. The number of carbonyl (C=O) groups is 1. The third-order valence-corrected chi connectivity index (χ3v) is 5.18. The van der Waals surface area contributed by atoms with Gasteiger partial charge in [-0.2, -0.15) is 0 Å². The van der Waals surface area contributed by atoms with E-state index < -0.39 is 6.03 Å². The van der Waals surface area contributed by atoms with Gasteiger partial charge in [-0.3, -0.25) is 0 Å². The van der Waals surface area contributed by atoms with Crippen molar-refractivity contribution in [3.05, 3.63) is 29.8 Å². The highest BCUT2D eigenvalue weighted by Gasteiger charge is 2.35. The highest BCUT2D eigenvalue weighted by molar-refractivity contribution is 5.87. The van der Waals surface area contributed by atoms with E-state index in [2.05, 4.69) is 22.9 Å². The fourth-order valence-corrected chi connectivity index (χ4v) is 3.95. The molecule has 0 aromatic heterocycles. The fourth-order valence-electron chi connectivity index (χ4n) is 3.95. The molecule has 5 N–H and O–H groups in total. The van der Waals surface area contributed by atoms with Crippen molar-refractivity contribution in [2.75, 3.05) is 25.1 Å². The van der Waals surface area contributed by atoms with Crippen LogP contribution < -0.4 is 21.7 Å². The van der Waals surface area contributed by atoms with Crippen molar-refractivity contribution in [3.8, 4) is 0 Å². The van der Waals surface area contributed by atoms with E-state index in [4.69, 9.17) is 10.5 Å². The molecule has 1 aliphatic carbocycles. The molecule has 2 amide bonds. The van der Waals surface area contributed by atoms with E-state index in [0.717, 1.165) is 25.4 Å². The van der Waals surface area contributed by atoms with Gasteiger partial charge in [-0.25, -0.2) is 4.79 Å². The molecule has 4 atom stereocenters. The highest BCUT2D eigenvalue weighted by Crippen LogP contribution is 2.31. The van der Waals surface area contributed by atoms with E-state index in [1.165, 1.54) is 24.8 Å². The Hall–Kier alpha value is -1.63. The van der Waals surface area contributed by atoms with Crippen molar-refractivity contribution in [3.63, 3.8) is 0 Å². The molecule has 3 rings (SSSR count). The predicted octanol–water partition coefficient (Wildman–Crippen LogP) is 1.98. The molecule has 1 heterocycles. The Labute approximate surface area is 143 Å². The van der Waals surface area contributed by atoms with Gasteiger partial charge < -0.3 is 26.4 Å². The topological polar surface area (TPSA) is 88.4 Å². The monoisotopic (exact) mass is 332 g/mol. The van der Waals surface area contributed by atoms with Crippen LogP contribution >= 0.6 is 0 Å². The molecule has 24 heavy (non-hydrogen) atoms.